The van der Waals surface area contributed by atoms with E-state index in [9.17, 15) is 0 Å². The first-order valence-corrected chi connectivity index (χ1v) is 5.96. The molecular formula is C11H13N5S2. The van der Waals surface area contributed by atoms with Gasteiger partial charge in [0.05, 0.1) is 33.8 Å². The fourth-order valence-corrected chi connectivity index (χ4v) is 1.10. The molecule has 0 aromatic carbocycles. The van der Waals surface area contributed by atoms with Crippen LogP contribution in [0.2, 0.25) is 0 Å². The van der Waals surface area contributed by atoms with Gasteiger partial charge in [-0.3, -0.25) is 10.9 Å². The molecule has 7 heteroatoms. The molecule has 0 radical (unpaired) electrons. The molecule has 0 aliphatic heterocycles. The summed E-state index contributed by atoms with van der Waals surface area (Å²) in [7, 11) is 0. The average molecular weight is 279 g/mol. The Morgan fingerprint density at radius 2 is 1.50 bits per heavy atom. The lowest BCUT2D eigenvalue weighted by Crippen LogP contribution is -2.11. The van der Waals surface area contributed by atoms with Gasteiger partial charge in [0, 0.05) is 0 Å². The summed E-state index contributed by atoms with van der Waals surface area (Å²) >= 11 is 9.66. The van der Waals surface area contributed by atoms with Crippen LogP contribution >= 0.6 is 24.4 Å². The molecule has 1 aromatic heterocycles. The van der Waals surface area contributed by atoms with Gasteiger partial charge in [0.2, 0.25) is 0 Å². The Bertz CT molecular complexity index is 455. The predicted molar refractivity (Wildman–Crippen MR) is 82.2 cm³/mol. The van der Waals surface area contributed by atoms with Gasteiger partial charge >= 0.3 is 0 Å². The van der Waals surface area contributed by atoms with Crippen molar-refractivity contribution in [2.75, 3.05) is 0 Å². The van der Waals surface area contributed by atoms with E-state index < -0.39 is 0 Å². The molecule has 5 nitrogen and oxygen atoms in total. The monoisotopic (exact) mass is 279 g/mol. The van der Waals surface area contributed by atoms with Crippen molar-refractivity contribution in [3.05, 3.63) is 29.6 Å². The number of hydrogen-bond donors (Lipinski definition) is 2. The molecule has 0 amide bonds. The summed E-state index contributed by atoms with van der Waals surface area (Å²) in [6.45, 7) is 3.50. The molecule has 0 saturated carbocycles. The molecule has 0 aliphatic carbocycles. The van der Waals surface area contributed by atoms with Gasteiger partial charge in [-0.2, -0.15) is 10.2 Å². The lowest BCUT2D eigenvalue weighted by molar-refractivity contribution is 1.04. The van der Waals surface area contributed by atoms with Gasteiger partial charge in [0.15, 0.2) is 0 Å². The van der Waals surface area contributed by atoms with E-state index in [1.165, 1.54) is 0 Å². The average Bonchev–Trinajstić information content (AvgIpc) is 2.28. The van der Waals surface area contributed by atoms with Gasteiger partial charge in [-0.05, 0) is 26.0 Å². The van der Waals surface area contributed by atoms with Crippen LogP contribution in [0.15, 0.2) is 28.4 Å². The first-order chi connectivity index (χ1) is 8.58. The smallest absolute Gasteiger partial charge is 0.0930 e. The van der Waals surface area contributed by atoms with Crippen molar-refractivity contribution >= 4 is 46.8 Å². The zero-order chi connectivity index (χ0) is 13.4. The van der Waals surface area contributed by atoms with Crippen molar-refractivity contribution in [2.45, 2.75) is 13.8 Å². The Hall–Kier alpha value is -1.73. The number of nitrogens with one attached hydrogen (secondary N) is 2. The molecule has 0 fully saturated rings. The van der Waals surface area contributed by atoms with E-state index in [-0.39, 0.29) is 0 Å². The molecule has 0 atom stereocenters. The van der Waals surface area contributed by atoms with Crippen LogP contribution in [0.25, 0.3) is 0 Å². The lowest BCUT2D eigenvalue weighted by atomic mass is 10.3. The molecule has 1 heterocycles. The van der Waals surface area contributed by atoms with Crippen LogP contribution in [0.5, 0.6) is 0 Å². The molecule has 0 saturated heterocycles. The second-order valence-corrected chi connectivity index (χ2v) is 4.56. The highest BCUT2D eigenvalue weighted by Crippen LogP contribution is 1.94. The van der Waals surface area contributed by atoms with Gasteiger partial charge < -0.3 is 0 Å². The fourth-order valence-electron chi connectivity index (χ4n) is 0.991. The second kappa shape index (κ2) is 7.57. The highest BCUT2D eigenvalue weighted by Gasteiger charge is 1.92. The molecule has 1 rings (SSSR count). The third kappa shape index (κ3) is 6.12. The van der Waals surface area contributed by atoms with Crippen molar-refractivity contribution in [1.29, 1.82) is 0 Å². The normalized spacial score (nSPS) is 10.8. The van der Waals surface area contributed by atoms with Crippen molar-refractivity contribution in [3.8, 4) is 0 Å². The van der Waals surface area contributed by atoms with Gasteiger partial charge in [-0.25, -0.2) is 4.98 Å². The molecular weight excluding hydrogens is 266 g/mol. The number of pyridine rings is 1. The minimum atomic E-state index is 0.602. The van der Waals surface area contributed by atoms with Gasteiger partial charge in [-0.15, -0.1) is 0 Å². The topological polar surface area (TPSA) is 61.7 Å². The van der Waals surface area contributed by atoms with Crippen molar-refractivity contribution in [3.63, 3.8) is 0 Å². The van der Waals surface area contributed by atoms with E-state index in [0.717, 1.165) is 0 Å². The Morgan fingerprint density at radius 3 is 1.89 bits per heavy atom. The summed E-state index contributed by atoms with van der Waals surface area (Å²) in [6.07, 6.45) is 3.18. The predicted octanol–water partition coefficient (Wildman–Crippen LogP) is 1.62. The SMILES string of the molecule is CC(=S)N/N=C/c1cccc(/C=N/NC(C)=S)n1. The molecule has 0 spiro atoms. The van der Waals surface area contributed by atoms with E-state index >= 15 is 0 Å². The van der Waals surface area contributed by atoms with E-state index in [4.69, 9.17) is 24.4 Å². The van der Waals surface area contributed by atoms with Crippen molar-refractivity contribution < 1.29 is 0 Å². The number of rotatable bonds is 4. The molecule has 1 aromatic rings. The summed E-state index contributed by atoms with van der Waals surface area (Å²) < 4.78 is 0. The van der Waals surface area contributed by atoms with Crippen LogP contribution in [0.1, 0.15) is 25.2 Å². The van der Waals surface area contributed by atoms with E-state index in [2.05, 4.69) is 26.0 Å². The summed E-state index contributed by atoms with van der Waals surface area (Å²) in [5, 5.41) is 7.86. The number of hydrogen-bond acceptors (Lipinski definition) is 5. The van der Waals surface area contributed by atoms with Crippen LogP contribution in [0, 0.1) is 0 Å². The molecule has 18 heavy (non-hydrogen) atoms. The molecule has 2 N–H and O–H groups in total. The molecule has 0 bridgehead atoms. The van der Waals surface area contributed by atoms with Gasteiger partial charge in [-0.1, -0.05) is 30.5 Å². The molecule has 0 aliphatic rings. The number of nitrogens with zero attached hydrogens (tertiary/aromatic N) is 3. The first kappa shape index (κ1) is 14.3. The van der Waals surface area contributed by atoms with Crippen LogP contribution in [-0.4, -0.2) is 27.4 Å². The minimum Gasteiger partial charge on any atom is -0.272 e. The Morgan fingerprint density at radius 1 is 1.06 bits per heavy atom. The summed E-state index contributed by atoms with van der Waals surface area (Å²) in [6, 6.07) is 5.53. The maximum atomic E-state index is 4.83. The van der Waals surface area contributed by atoms with Gasteiger partial charge in [0.25, 0.3) is 0 Å². The Kier molecular flexibility index (Phi) is 6.03. The largest absolute Gasteiger partial charge is 0.272 e. The zero-order valence-electron chi connectivity index (χ0n) is 10.0. The van der Waals surface area contributed by atoms with Crippen molar-refractivity contribution in [1.82, 2.24) is 15.8 Å². The quantitative estimate of drug-likeness (QED) is 0.498. The number of thiocarbonyl (C=S) groups is 2. The second-order valence-electron chi connectivity index (χ2n) is 3.34. The Labute approximate surface area is 116 Å². The standard InChI is InChI=1S/C11H13N5S2/c1-8(17)15-12-6-10-4-3-5-11(14-10)7-13-16-9(2)18/h3-7H,1-2H3,(H,15,17)(H,16,18)/b12-6+,13-7+. The fraction of sp³-hybridized carbons (Fsp3) is 0.182. The highest BCUT2D eigenvalue weighted by molar-refractivity contribution is 7.80. The van der Waals surface area contributed by atoms with Crippen molar-refractivity contribution in [2.24, 2.45) is 10.2 Å². The minimum absolute atomic E-state index is 0.602. The van der Waals surface area contributed by atoms with Crippen LogP contribution in [0.4, 0.5) is 0 Å². The number of aromatic nitrogens is 1. The third-order valence-electron chi connectivity index (χ3n) is 1.63. The van der Waals surface area contributed by atoms with E-state index in [1.54, 1.807) is 26.3 Å². The van der Waals surface area contributed by atoms with Crippen LogP contribution < -0.4 is 10.9 Å². The maximum absolute atomic E-state index is 4.83. The van der Waals surface area contributed by atoms with E-state index in [1.807, 2.05) is 18.2 Å². The first-order valence-electron chi connectivity index (χ1n) is 5.14. The van der Waals surface area contributed by atoms with Crippen LogP contribution in [-0.2, 0) is 0 Å². The summed E-state index contributed by atoms with van der Waals surface area (Å²) in [5.41, 5.74) is 6.76. The van der Waals surface area contributed by atoms with E-state index in [0.29, 0.717) is 21.4 Å². The third-order valence-corrected chi connectivity index (χ3v) is 1.81. The molecule has 94 valence electrons. The molecule has 0 unspecified atom stereocenters. The zero-order valence-corrected chi connectivity index (χ0v) is 11.7. The number of hydrazone groups is 2. The van der Waals surface area contributed by atoms with Gasteiger partial charge in [0.1, 0.15) is 0 Å². The Balaban J connectivity index is 2.67. The van der Waals surface area contributed by atoms with Crippen LogP contribution in [0.3, 0.4) is 0 Å². The summed E-state index contributed by atoms with van der Waals surface area (Å²) in [4.78, 5) is 5.50. The summed E-state index contributed by atoms with van der Waals surface area (Å²) in [5.74, 6) is 0. The lowest BCUT2D eigenvalue weighted by Gasteiger charge is -1.97. The maximum Gasteiger partial charge on any atom is 0.0930 e. The highest BCUT2D eigenvalue weighted by atomic mass is 32.1.